The van der Waals surface area contributed by atoms with Gasteiger partial charge in [0.1, 0.15) is 0 Å². The molecule has 0 spiro atoms. The summed E-state index contributed by atoms with van der Waals surface area (Å²) in [7, 11) is 4.94. The Kier molecular flexibility index (Phi) is 10.7. The van der Waals surface area contributed by atoms with Gasteiger partial charge in [-0.1, -0.05) is 75.8 Å². The number of methoxy groups -OCH3 is 3. The maximum atomic E-state index is 5.67. The Morgan fingerprint density at radius 3 is 2.00 bits per heavy atom. The van der Waals surface area contributed by atoms with E-state index in [-0.39, 0.29) is 5.92 Å². The van der Waals surface area contributed by atoms with Crippen LogP contribution in [0.4, 0.5) is 0 Å². The molecule has 0 N–H and O–H groups in total. The van der Waals surface area contributed by atoms with Crippen molar-refractivity contribution in [3.63, 3.8) is 0 Å². The first kappa shape index (κ1) is 21.9. The van der Waals surface area contributed by atoms with Crippen molar-refractivity contribution in [3.8, 4) is 0 Å². The number of ether oxygens (including phenoxy) is 3. The zero-order valence-corrected chi connectivity index (χ0v) is 16.6. The van der Waals surface area contributed by atoms with E-state index in [2.05, 4.69) is 37.8 Å². The van der Waals surface area contributed by atoms with E-state index in [1.54, 1.807) is 21.3 Å². The van der Waals surface area contributed by atoms with Gasteiger partial charge in [0, 0.05) is 21.3 Å². The van der Waals surface area contributed by atoms with Crippen LogP contribution in [0.25, 0.3) is 0 Å². The molecular weight excluding hydrogens is 312 g/mol. The van der Waals surface area contributed by atoms with Crippen molar-refractivity contribution >= 4 is 0 Å². The first-order valence-corrected chi connectivity index (χ1v) is 9.52. The molecule has 1 unspecified atom stereocenters. The van der Waals surface area contributed by atoms with Crippen LogP contribution in [0.1, 0.15) is 68.9 Å². The van der Waals surface area contributed by atoms with E-state index in [1.165, 1.54) is 43.2 Å². The molecule has 0 aliphatic carbocycles. The third kappa shape index (κ3) is 6.58. The van der Waals surface area contributed by atoms with E-state index >= 15 is 0 Å². The molecule has 0 amide bonds. The number of allylic oxidation sites excluding steroid dienone is 1. The Labute approximate surface area is 154 Å². The van der Waals surface area contributed by atoms with Crippen LogP contribution in [-0.4, -0.2) is 27.3 Å². The third-order valence-corrected chi connectivity index (χ3v) is 4.89. The molecule has 142 valence electrons. The summed E-state index contributed by atoms with van der Waals surface area (Å²) in [6.07, 6.45) is 11.4. The molecule has 0 radical (unpaired) electrons. The number of unbranched alkanes of at least 4 members (excludes halogenated alkanes) is 5. The quantitative estimate of drug-likeness (QED) is 0.240. The van der Waals surface area contributed by atoms with Crippen LogP contribution in [0, 0.1) is 0 Å². The largest absolute Gasteiger partial charge is 0.330 e. The number of benzene rings is 1. The monoisotopic (exact) mass is 348 g/mol. The highest BCUT2D eigenvalue weighted by Crippen LogP contribution is 2.37. The van der Waals surface area contributed by atoms with Gasteiger partial charge in [0.2, 0.25) is 0 Å². The van der Waals surface area contributed by atoms with Crippen LogP contribution in [0.15, 0.2) is 36.9 Å². The Bertz CT molecular complexity index is 454. The standard InChI is InChI=1S/C22H36O3/c1-6-8-9-10-11-12-14-21(22(23-3,24-4)25-5)20-17-15-19(13-7-2)16-18-20/h7,15-18,21H,2,6,8-14H2,1,3-5H3. The lowest BCUT2D eigenvalue weighted by Gasteiger charge is -2.36. The van der Waals surface area contributed by atoms with E-state index in [0.717, 1.165) is 19.3 Å². The molecule has 0 aliphatic rings. The second kappa shape index (κ2) is 12.2. The molecule has 1 rings (SSSR count). The van der Waals surface area contributed by atoms with Crippen molar-refractivity contribution in [1.82, 2.24) is 0 Å². The van der Waals surface area contributed by atoms with Crippen LogP contribution in [0.5, 0.6) is 0 Å². The molecule has 3 heteroatoms. The van der Waals surface area contributed by atoms with Gasteiger partial charge in [0.05, 0.1) is 5.92 Å². The average Bonchev–Trinajstić information content (AvgIpc) is 2.65. The number of hydrogen-bond acceptors (Lipinski definition) is 3. The lowest BCUT2D eigenvalue weighted by molar-refractivity contribution is -0.365. The fraction of sp³-hybridized carbons (Fsp3) is 0.636. The molecule has 3 nitrogen and oxygen atoms in total. The van der Waals surface area contributed by atoms with Gasteiger partial charge >= 0.3 is 0 Å². The smallest absolute Gasteiger partial charge is 0.289 e. The Balaban J connectivity index is 2.85. The summed E-state index contributed by atoms with van der Waals surface area (Å²) < 4.78 is 17.0. The van der Waals surface area contributed by atoms with Gasteiger partial charge in [-0.25, -0.2) is 0 Å². The molecule has 1 aromatic rings. The van der Waals surface area contributed by atoms with Crippen LogP contribution >= 0.6 is 0 Å². The molecule has 0 heterocycles. The predicted molar refractivity (Wildman–Crippen MR) is 105 cm³/mol. The molecular formula is C22H36O3. The average molecular weight is 349 g/mol. The summed E-state index contributed by atoms with van der Waals surface area (Å²) in [5.41, 5.74) is 2.45. The number of hydrogen-bond donors (Lipinski definition) is 0. The van der Waals surface area contributed by atoms with Crippen molar-refractivity contribution in [2.75, 3.05) is 21.3 Å². The van der Waals surface area contributed by atoms with E-state index in [1.807, 2.05) is 6.08 Å². The fourth-order valence-electron chi connectivity index (χ4n) is 3.41. The highest BCUT2D eigenvalue weighted by molar-refractivity contribution is 5.27. The summed E-state index contributed by atoms with van der Waals surface area (Å²) in [6.45, 7) is 6.05. The first-order valence-electron chi connectivity index (χ1n) is 9.52. The van der Waals surface area contributed by atoms with Gasteiger partial charge in [-0.2, -0.15) is 0 Å². The summed E-state index contributed by atoms with van der Waals surface area (Å²) in [4.78, 5) is 0. The van der Waals surface area contributed by atoms with Crippen LogP contribution in [0.3, 0.4) is 0 Å². The SMILES string of the molecule is C=CCc1ccc(C(CCCCCCCC)C(OC)(OC)OC)cc1. The molecule has 0 saturated heterocycles. The van der Waals surface area contributed by atoms with Gasteiger partial charge in [-0.05, 0) is 24.0 Å². The third-order valence-electron chi connectivity index (χ3n) is 4.89. The normalized spacial score (nSPS) is 13.0. The van der Waals surface area contributed by atoms with Gasteiger partial charge in [-0.3, -0.25) is 0 Å². The minimum atomic E-state index is -1.04. The zero-order chi connectivity index (χ0) is 18.5. The first-order chi connectivity index (χ1) is 12.2. The van der Waals surface area contributed by atoms with Gasteiger partial charge in [-0.15, -0.1) is 6.58 Å². The van der Waals surface area contributed by atoms with E-state index < -0.39 is 5.97 Å². The Morgan fingerprint density at radius 1 is 0.920 bits per heavy atom. The van der Waals surface area contributed by atoms with Gasteiger partial charge < -0.3 is 14.2 Å². The van der Waals surface area contributed by atoms with E-state index in [4.69, 9.17) is 14.2 Å². The van der Waals surface area contributed by atoms with Crippen molar-refractivity contribution < 1.29 is 14.2 Å². The summed E-state index contributed by atoms with van der Waals surface area (Å²) in [5.74, 6) is -1.000. The number of rotatable bonds is 14. The molecule has 0 bridgehead atoms. The van der Waals surface area contributed by atoms with Gasteiger partial charge in [0.25, 0.3) is 5.97 Å². The maximum absolute atomic E-state index is 5.67. The Hall–Kier alpha value is -1.16. The molecule has 25 heavy (non-hydrogen) atoms. The zero-order valence-electron chi connectivity index (χ0n) is 16.6. The second-order valence-corrected chi connectivity index (χ2v) is 6.56. The topological polar surface area (TPSA) is 27.7 Å². The summed E-state index contributed by atoms with van der Waals surface area (Å²) in [6, 6.07) is 8.62. The molecule has 0 fully saturated rings. The molecule has 1 aromatic carbocycles. The predicted octanol–water partition coefficient (Wildman–Crippen LogP) is 5.84. The summed E-state index contributed by atoms with van der Waals surface area (Å²) in [5, 5.41) is 0. The van der Waals surface area contributed by atoms with Crippen LogP contribution in [0.2, 0.25) is 0 Å². The van der Waals surface area contributed by atoms with Crippen molar-refractivity contribution in [2.24, 2.45) is 0 Å². The van der Waals surface area contributed by atoms with Crippen LogP contribution < -0.4 is 0 Å². The molecule has 0 aromatic heterocycles. The van der Waals surface area contributed by atoms with Crippen molar-refractivity contribution in [1.29, 1.82) is 0 Å². The minimum Gasteiger partial charge on any atom is -0.330 e. The maximum Gasteiger partial charge on any atom is 0.289 e. The summed E-state index contributed by atoms with van der Waals surface area (Å²) >= 11 is 0. The second-order valence-electron chi connectivity index (χ2n) is 6.56. The van der Waals surface area contributed by atoms with Crippen molar-refractivity contribution in [3.05, 3.63) is 48.0 Å². The molecule has 0 aliphatic heterocycles. The van der Waals surface area contributed by atoms with Crippen LogP contribution in [-0.2, 0) is 20.6 Å². The highest BCUT2D eigenvalue weighted by atomic mass is 16.9. The van der Waals surface area contributed by atoms with E-state index in [0.29, 0.717) is 0 Å². The lowest BCUT2D eigenvalue weighted by atomic mass is 9.89. The Morgan fingerprint density at radius 2 is 1.48 bits per heavy atom. The molecule has 0 saturated carbocycles. The van der Waals surface area contributed by atoms with Gasteiger partial charge in [0.15, 0.2) is 0 Å². The molecule has 1 atom stereocenters. The van der Waals surface area contributed by atoms with Crippen molar-refractivity contribution in [2.45, 2.75) is 70.2 Å². The highest BCUT2D eigenvalue weighted by Gasteiger charge is 2.40. The van der Waals surface area contributed by atoms with E-state index in [9.17, 15) is 0 Å². The lowest BCUT2D eigenvalue weighted by Crippen LogP contribution is -2.42. The minimum absolute atomic E-state index is 0.0384. The fourth-order valence-corrected chi connectivity index (χ4v) is 3.41.